The monoisotopic (exact) mass is 316 g/mol. The van der Waals surface area contributed by atoms with Crippen LogP contribution in [0, 0.1) is 0 Å². The minimum Gasteiger partial charge on any atom is -0.357 e. The van der Waals surface area contributed by atoms with E-state index in [1.54, 1.807) is 19.0 Å². The van der Waals surface area contributed by atoms with E-state index in [0.717, 1.165) is 13.1 Å². The van der Waals surface area contributed by atoms with Crippen molar-refractivity contribution in [2.75, 3.05) is 33.7 Å². The number of carbonyl (C=O) groups is 1. The van der Waals surface area contributed by atoms with E-state index in [2.05, 4.69) is 46.0 Å². The van der Waals surface area contributed by atoms with Gasteiger partial charge in [-0.3, -0.25) is 4.79 Å². The number of amides is 1. The molecular formula is C18H28N4O. The van der Waals surface area contributed by atoms with Crippen LogP contribution in [0.3, 0.4) is 0 Å². The number of guanidine groups is 1. The summed E-state index contributed by atoms with van der Waals surface area (Å²) < 4.78 is 0. The zero-order chi connectivity index (χ0) is 16.7. The quantitative estimate of drug-likeness (QED) is 0.621. The van der Waals surface area contributed by atoms with Crippen LogP contribution in [0.15, 0.2) is 35.3 Å². The molecule has 1 aliphatic carbocycles. The lowest BCUT2D eigenvalue weighted by Gasteiger charge is -2.43. The Bertz CT molecular complexity index is 535. The lowest BCUT2D eigenvalue weighted by Crippen LogP contribution is -2.49. The first kappa shape index (κ1) is 17.3. The number of carbonyl (C=O) groups excluding carboxylic acids is 1. The van der Waals surface area contributed by atoms with Crippen molar-refractivity contribution in [3.05, 3.63) is 35.9 Å². The van der Waals surface area contributed by atoms with Crippen molar-refractivity contribution in [1.82, 2.24) is 15.5 Å². The summed E-state index contributed by atoms with van der Waals surface area (Å²) in [5.74, 6) is 0.716. The molecule has 1 aromatic rings. The van der Waals surface area contributed by atoms with Gasteiger partial charge in [-0.15, -0.1) is 0 Å². The summed E-state index contributed by atoms with van der Waals surface area (Å²) in [6.45, 7) is 3.82. The van der Waals surface area contributed by atoms with E-state index in [0.29, 0.717) is 5.96 Å². The molecule has 1 fully saturated rings. The topological polar surface area (TPSA) is 56.7 Å². The van der Waals surface area contributed by atoms with Crippen LogP contribution in [-0.2, 0) is 10.2 Å². The number of hydrogen-bond donors (Lipinski definition) is 2. The van der Waals surface area contributed by atoms with Crippen LogP contribution in [0.2, 0.25) is 0 Å². The second kappa shape index (κ2) is 7.99. The number of nitrogens with one attached hydrogen (secondary N) is 2. The van der Waals surface area contributed by atoms with E-state index in [4.69, 9.17) is 0 Å². The maximum atomic E-state index is 11.7. The van der Waals surface area contributed by atoms with Crippen LogP contribution < -0.4 is 10.6 Å². The fourth-order valence-electron chi connectivity index (χ4n) is 2.85. The molecule has 23 heavy (non-hydrogen) atoms. The minimum atomic E-state index is 0.00335. The van der Waals surface area contributed by atoms with Crippen LogP contribution in [0.5, 0.6) is 0 Å². The molecule has 0 bridgehead atoms. The van der Waals surface area contributed by atoms with E-state index >= 15 is 0 Å². The molecule has 1 aliphatic rings. The molecule has 0 aromatic heterocycles. The third-order valence-electron chi connectivity index (χ3n) is 4.51. The molecule has 0 unspecified atom stereocenters. The van der Waals surface area contributed by atoms with Crippen molar-refractivity contribution < 1.29 is 4.79 Å². The van der Waals surface area contributed by atoms with Gasteiger partial charge in [0.2, 0.25) is 5.91 Å². The third kappa shape index (κ3) is 4.47. The van der Waals surface area contributed by atoms with Crippen molar-refractivity contribution in [3.63, 3.8) is 0 Å². The standard InChI is InChI=1S/C18H28N4O/c1-4-19-17(20-13-16(23)22(2)3)21-14-18(11-8-12-18)15-9-6-5-7-10-15/h5-7,9-10H,4,8,11-14H2,1-3H3,(H2,19,20,21). The highest BCUT2D eigenvalue weighted by molar-refractivity contribution is 5.84. The van der Waals surface area contributed by atoms with Gasteiger partial charge in [-0.05, 0) is 25.3 Å². The number of aliphatic imine (C=N–C) groups is 1. The van der Waals surface area contributed by atoms with Crippen LogP contribution >= 0.6 is 0 Å². The fraction of sp³-hybridized carbons (Fsp3) is 0.556. The maximum Gasteiger partial charge on any atom is 0.243 e. The highest BCUT2D eigenvalue weighted by Gasteiger charge is 2.38. The molecule has 0 atom stereocenters. The number of likely N-dealkylation sites (N-methyl/N-ethyl adjacent to an activating group) is 1. The average Bonchev–Trinajstić information content (AvgIpc) is 2.52. The van der Waals surface area contributed by atoms with Gasteiger partial charge < -0.3 is 15.5 Å². The molecule has 1 aromatic carbocycles. The maximum absolute atomic E-state index is 11.7. The van der Waals surface area contributed by atoms with E-state index in [-0.39, 0.29) is 17.9 Å². The van der Waals surface area contributed by atoms with Gasteiger partial charge in [0.15, 0.2) is 5.96 Å². The van der Waals surface area contributed by atoms with E-state index in [1.807, 2.05) is 6.92 Å². The molecule has 0 aliphatic heterocycles. The van der Waals surface area contributed by atoms with E-state index in [1.165, 1.54) is 24.8 Å². The van der Waals surface area contributed by atoms with Gasteiger partial charge in [-0.2, -0.15) is 0 Å². The molecule has 5 nitrogen and oxygen atoms in total. The number of nitrogens with zero attached hydrogens (tertiary/aromatic N) is 2. The summed E-state index contributed by atoms with van der Waals surface area (Å²) in [6.07, 6.45) is 3.66. The molecule has 2 N–H and O–H groups in total. The van der Waals surface area contributed by atoms with Gasteiger partial charge in [0.25, 0.3) is 0 Å². The molecule has 0 heterocycles. The van der Waals surface area contributed by atoms with E-state index in [9.17, 15) is 4.79 Å². The number of rotatable bonds is 6. The van der Waals surface area contributed by atoms with Crippen LogP contribution in [-0.4, -0.2) is 50.5 Å². The van der Waals surface area contributed by atoms with Crippen LogP contribution in [0.25, 0.3) is 0 Å². The summed E-state index contributed by atoms with van der Waals surface area (Å²) in [5.41, 5.74) is 1.59. The van der Waals surface area contributed by atoms with Crippen molar-refractivity contribution >= 4 is 11.9 Å². The lowest BCUT2D eigenvalue weighted by atomic mass is 9.64. The average molecular weight is 316 g/mol. The van der Waals surface area contributed by atoms with Gasteiger partial charge in [0.1, 0.15) is 6.54 Å². The van der Waals surface area contributed by atoms with Gasteiger partial charge in [0.05, 0.1) is 0 Å². The highest BCUT2D eigenvalue weighted by Crippen LogP contribution is 2.43. The van der Waals surface area contributed by atoms with Crippen molar-refractivity contribution in [3.8, 4) is 0 Å². The Morgan fingerprint density at radius 2 is 1.91 bits per heavy atom. The molecule has 1 saturated carbocycles. The third-order valence-corrected chi connectivity index (χ3v) is 4.51. The Balaban J connectivity index is 2.00. The van der Waals surface area contributed by atoms with Gasteiger partial charge in [-0.1, -0.05) is 36.8 Å². The molecule has 0 saturated heterocycles. The summed E-state index contributed by atoms with van der Waals surface area (Å²) >= 11 is 0. The number of hydrogen-bond acceptors (Lipinski definition) is 2. The normalized spacial score (nSPS) is 16.4. The summed E-state index contributed by atoms with van der Waals surface area (Å²) in [6, 6.07) is 10.7. The Hall–Kier alpha value is -2.04. The van der Waals surface area contributed by atoms with Crippen LogP contribution in [0.4, 0.5) is 0 Å². The second-order valence-corrected chi connectivity index (χ2v) is 6.34. The fourth-order valence-corrected chi connectivity index (χ4v) is 2.85. The summed E-state index contributed by atoms with van der Waals surface area (Å²) in [7, 11) is 3.49. The molecule has 2 rings (SSSR count). The Kier molecular flexibility index (Phi) is 6.02. The Morgan fingerprint density at radius 3 is 2.43 bits per heavy atom. The lowest BCUT2D eigenvalue weighted by molar-refractivity contribution is -0.127. The number of benzene rings is 1. The van der Waals surface area contributed by atoms with Gasteiger partial charge in [-0.25, -0.2) is 4.99 Å². The predicted octanol–water partition coefficient (Wildman–Crippen LogP) is 1.75. The zero-order valence-corrected chi connectivity index (χ0v) is 14.4. The molecule has 126 valence electrons. The van der Waals surface area contributed by atoms with E-state index < -0.39 is 0 Å². The first-order valence-electron chi connectivity index (χ1n) is 8.35. The predicted molar refractivity (Wildman–Crippen MR) is 94.6 cm³/mol. The van der Waals surface area contributed by atoms with Crippen LogP contribution in [0.1, 0.15) is 31.7 Å². The Labute approximate surface area is 139 Å². The van der Waals surface area contributed by atoms with Gasteiger partial charge in [0, 0.05) is 32.6 Å². The molecule has 5 heteroatoms. The first-order valence-corrected chi connectivity index (χ1v) is 8.35. The second-order valence-electron chi connectivity index (χ2n) is 6.34. The van der Waals surface area contributed by atoms with Crippen molar-refractivity contribution in [1.29, 1.82) is 0 Å². The summed E-state index contributed by atoms with van der Waals surface area (Å²) in [4.78, 5) is 17.7. The molecule has 0 spiro atoms. The first-order chi connectivity index (χ1) is 11.1. The SMILES string of the molecule is CCNC(=NCC(=O)N(C)C)NCC1(c2ccccc2)CCC1. The Morgan fingerprint density at radius 1 is 1.22 bits per heavy atom. The largest absolute Gasteiger partial charge is 0.357 e. The van der Waals surface area contributed by atoms with Crippen molar-refractivity contribution in [2.24, 2.45) is 4.99 Å². The smallest absolute Gasteiger partial charge is 0.243 e. The van der Waals surface area contributed by atoms with Gasteiger partial charge >= 0.3 is 0 Å². The zero-order valence-electron chi connectivity index (χ0n) is 14.4. The highest BCUT2D eigenvalue weighted by atomic mass is 16.2. The van der Waals surface area contributed by atoms with Crippen molar-refractivity contribution in [2.45, 2.75) is 31.6 Å². The molecular weight excluding hydrogens is 288 g/mol. The molecule has 1 amide bonds. The minimum absolute atomic E-state index is 0.00335. The molecule has 0 radical (unpaired) electrons. The summed E-state index contributed by atoms with van der Waals surface area (Å²) in [5, 5.41) is 6.64.